The van der Waals surface area contributed by atoms with Gasteiger partial charge in [-0.05, 0) is 37.0 Å². The third-order valence-electron chi connectivity index (χ3n) is 5.45. The zero-order chi connectivity index (χ0) is 20.5. The topological polar surface area (TPSA) is 63.0 Å². The molecule has 3 rings (SSSR count). The molecule has 1 heterocycles. The number of nitrogens with zero attached hydrogens (tertiary/aromatic N) is 2. The Labute approximate surface area is 172 Å². The first kappa shape index (κ1) is 21.1. The van der Waals surface area contributed by atoms with Crippen molar-refractivity contribution in [2.45, 2.75) is 32.2 Å². The molecule has 0 radical (unpaired) electrons. The molecule has 0 bridgehead atoms. The molecule has 1 saturated carbocycles. The lowest BCUT2D eigenvalue weighted by Crippen LogP contribution is -2.47. The monoisotopic (exact) mass is 398 g/mol. The molecule has 2 aromatic rings. The molecule has 2 amide bonds. The minimum atomic E-state index is -0.0684. The van der Waals surface area contributed by atoms with Gasteiger partial charge in [-0.3, -0.25) is 9.59 Å². The van der Waals surface area contributed by atoms with Gasteiger partial charge in [-0.25, -0.2) is 0 Å². The molecule has 0 atom stereocenters. The highest BCUT2D eigenvalue weighted by Gasteiger charge is 2.31. The van der Waals surface area contributed by atoms with Gasteiger partial charge < -0.3 is 19.0 Å². The molecule has 0 unspecified atom stereocenters. The maximum absolute atomic E-state index is 13.1. The summed E-state index contributed by atoms with van der Waals surface area (Å²) in [5.41, 5.74) is 1.17. The number of carbonyl (C=O) groups excluding carboxylic acids is 2. The van der Waals surface area contributed by atoms with Gasteiger partial charge in [-0.1, -0.05) is 36.8 Å². The van der Waals surface area contributed by atoms with Crippen LogP contribution in [0, 0.1) is 5.92 Å². The Bertz CT molecular complexity index is 756. The zero-order valence-corrected chi connectivity index (χ0v) is 17.1. The van der Waals surface area contributed by atoms with E-state index in [9.17, 15) is 9.59 Å². The summed E-state index contributed by atoms with van der Waals surface area (Å²) in [6, 6.07) is 13.8. The van der Waals surface area contributed by atoms with Crippen LogP contribution < -0.4 is 0 Å². The van der Waals surface area contributed by atoms with E-state index in [1.807, 2.05) is 30.3 Å². The average Bonchev–Trinajstić information content (AvgIpc) is 3.20. The molecular weight excluding hydrogens is 368 g/mol. The minimum absolute atomic E-state index is 0.0579. The van der Waals surface area contributed by atoms with Gasteiger partial charge in [0, 0.05) is 26.1 Å². The molecule has 1 aliphatic rings. The second kappa shape index (κ2) is 10.8. The van der Waals surface area contributed by atoms with E-state index >= 15 is 0 Å². The molecule has 1 aromatic heterocycles. The van der Waals surface area contributed by atoms with E-state index < -0.39 is 0 Å². The lowest BCUT2D eigenvalue weighted by molar-refractivity contribution is -0.145. The predicted molar refractivity (Wildman–Crippen MR) is 110 cm³/mol. The average molecular weight is 399 g/mol. The fourth-order valence-electron chi connectivity index (χ4n) is 3.44. The quantitative estimate of drug-likeness (QED) is 0.583. The number of benzene rings is 1. The Balaban J connectivity index is 1.66. The van der Waals surface area contributed by atoms with Gasteiger partial charge in [-0.15, -0.1) is 0 Å². The van der Waals surface area contributed by atoms with Crippen LogP contribution in [-0.2, 0) is 27.3 Å². The Hall–Kier alpha value is -2.60. The van der Waals surface area contributed by atoms with Crippen LogP contribution in [-0.4, -0.2) is 55.0 Å². The lowest BCUT2D eigenvalue weighted by atomic mass is 9.84. The molecular formula is C23H30N2O4. The van der Waals surface area contributed by atoms with Gasteiger partial charge in [0.25, 0.3) is 0 Å². The van der Waals surface area contributed by atoms with Crippen molar-refractivity contribution >= 4 is 11.8 Å². The Morgan fingerprint density at radius 2 is 1.86 bits per heavy atom. The van der Waals surface area contributed by atoms with E-state index in [2.05, 4.69) is 12.1 Å². The molecule has 1 fully saturated rings. The number of amides is 2. The number of hydrogen-bond acceptors (Lipinski definition) is 4. The van der Waals surface area contributed by atoms with Gasteiger partial charge in [0.1, 0.15) is 5.76 Å². The van der Waals surface area contributed by atoms with E-state index in [1.165, 1.54) is 5.56 Å². The number of rotatable bonds is 11. The fourth-order valence-corrected chi connectivity index (χ4v) is 3.44. The van der Waals surface area contributed by atoms with E-state index in [1.54, 1.807) is 23.2 Å². The van der Waals surface area contributed by atoms with E-state index in [0.29, 0.717) is 26.2 Å². The molecule has 1 aromatic carbocycles. The number of carbonyl (C=O) groups is 2. The largest absolute Gasteiger partial charge is 0.467 e. The standard InChI is InChI=1S/C23H30N2O4/c1-28-16-14-25(23(27)20-9-5-10-20)18-22(26)24(17-21-11-6-15-29-21)13-12-19-7-3-2-4-8-19/h2-4,6-8,11,15,20H,5,9-10,12-14,16-18H2,1H3. The molecule has 0 aliphatic heterocycles. The number of hydrogen-bond donors (Lipinski definition) is 0. The summed E-state index contributed by atoms with van der Waals surface area (Å²) in [6.07, 6.45) is 5.29. The molecule has 0 N–H and O–H groups in total. The molecule has 29 heavy (non-hydrogen) atoms. The second-order valence-corrected chi connectivity index (χ2v) is 7.51. The highest BCUT2D eigenvalue weighted by atomic mass is 16.5. The van der Waals surface area contributed by atoms with Crippen molar-refractivity contribution in [1.82, 2.24) is 9.80 Å². The Morgan fingerprint density at radius 3 is 2.48 bits per heavy atom. The van der Waals surface area contributed by atoms with Crippen molar-refractivity contribution in [2.75, 3.05) is 33.4 Å². The number of methoxy groups -OCH3 is 1. The third kappa shape index (κ3) is 6.19. The first-order chi connectivity index (χ1) is 14.2. The maximum atomic E-state index is 13.1. The molecule has 0 spiro atoms. The van der Waals surface area contributed by atoms with Crippen LogP contribution >= 0.6 is 0 Å². The smallest absolute Gasteiger partial charge is 0.242 e. The molecule has 156 valence electrons. The van der Waals surface area contributed by atoms with Crippen molar-refractivity contribution in [3.05, 3.63) is 60.1 Å². The second-order valence-electron chi connectivity index (χ2n) is 7.51. The van der Waals surface area contributed by atoms with Gasteiger partial charge in [0.15, 0.2) is 0 Å². The Morgan fingerprint density at radius 1 is 1.07 bits per heavy atom. The molecule has 1 aliphatic carbocycles. The fraction of sp³-hybridized carbons (Fsp3) is 0.478. The highest BCUT2D eigenvalue weighted by molar-refractivity contribution is 5.86. The van der Waals surface area contributed by atoms with Crippen LogP contribution in [0.4, 0.5) is 0 Å². The van der Waals surface area contributed by atoms with Crippen LogP contribution in [0.25, 0.3) is 0 Å². The van der Waals surface area contributed by atoms with E-state index in [-0.39, 0.29) is 24.3 Å². The first-order valence-corrected chi connectivity index (χ1v) is 10.3. The SMILES string of the molecule is COCCN(CC(=O)N(CCc1ccccc1)Cc1ccco1)C(=O)C1CCC1. The summed E-state index contributed by atoms with van der Waals surface area (Å²) in [5, 5.41) is 0. The van der Waals surface area contributed by atoms with Crippen LogP contribution in [0.3, 0.4) is 0 Å². The third-order valence-corrected chi connectivity index (χ3v) is 5.45. The Kier molecular flexibility index (Phi) is 7.87. The van der Waals surface area contributed by atoms with Crippen LogP contribution in [0.5, 0.6) is 0 Å². The van der Waals surface area contributed by atoms with Gasteiger partial charge in [-0.2, -0.15) is 0 Å². The maximum Gasteiger partial charge on any atom is 0.242 e. The normalized spacial score (nSPS) is 13.7. The van der Waals surface area contributed by atoms with Crippen molar-refractivity contribution < 1.29 is 18.7 Å². The van der Waals surface area contributed by atoms with Crippen molar-refractivity contribution in [2.24, 2.45) is 5.92 Å². The summed E-state index contributed by atoms with van der Waals surface area (Å²) in [7, 11) is 1.61. The molecule has 0 saturated heterocycles. The highest BCUT2D eigenvalue weighted by Crippen LogP contribution is 2.28. The minimum Gasteiger partial charge on any atom is -0.467 e. The zero-order valence-electron chi connectivity index (χ0n) is 17.1. The molecule has 6 heteroatoms. The van der Waals surface area contributed by atoms with Crippen LogP contribution in [0.15, 0.2) is 53.1 Å². The summed E-state index contributed by atoms with van der Waals surface area (Å²) in [5.74, 6) is 0.798. The van der Waals surface area contributed by atoms with E-state index in [0.717, 1.165) is 31.4 Å². The first-order valence-electron chi connectivity index (χ1n) is 10.3. The summed E-state index contributed by atoms with van der Waals surface area (Å²) in [4.78, 5) is 29.4. The van der Waals surface area contributed by atoms with Gasteiger partial charge in [0.05, 0.1) is 26.0 Å². The number of furan rings is 1. The van der Waals surface area contributed by atoms with Crippen molar-refractivity contribution in [3.63, 3.8) is 0 Å². The molecule has 6 nitrogen and oxygen atoms in total. The van der Waals surface area contributed by atoms with Crippen LogP contribution in [0.1, 0.15) is 30.6 Å². The number of ether oxygens (including phenoxy) is 1. The van der Waals surface area contributed by atoms with Gasteiger partial charge >= 0.3 is 0 Å². The summed E-state index contributed by atoms with van der Waals surface area (Å²) >= 11 is 0. The van der Waals surface area contributed by atoms with E-state index in [4.69, 9.17) is 9.15 Å². The van der Waals surface area contributed by atoms with Gasteiger partial charge in [0.2, 0.25) is 11.8 Å². The van der Waals surface area contributed by atoms with Crippen LogP contribution in [0.2, 0.25) is 0 Å². The summed E-state index contributed by atoms with van der Waals surface area (Å²) in [6.45, 7) is 1.90. The van der Waals surface area contributed by atoms with Crippen molar-refractivity contribution in [1.29, 1.82) is 0 Å². The summed E-state index contributed by atoms with van der Waals surface area (Å²) < 4.78 is 10.6. The van der Waals surface area contributed by atoms with Crippen molar-refractivity contribution in [3.8, 4) is 0 Å². The predicted octanol–water partition coefficient (Wildman–Crippen LogP) is 3.13. The lowest BCUT2D eigenvalue weighted by Gasteiger charge is -2.32.